The summed E-state index contributed by atoms with van der Waals surface area (Å²) in [6.45, 7) is 2.19. The highest BCUT2D eigenvalue weighted by Gasteiger charge is 2.01. The summed E-state index contributed by atoms with van der Waals surface area (Å²) in [6.07, 6.45) is 5.79. The lowest BCUT2D eigenvalue weighted by molar-refractivity contribution is 0.603. The van der Waals surface area contributed by atoms with Gasteiger partial charge in [-0.05, 0) is 24.3 Å². The minimum absolute atomic E-state index is 0.0171. The topological polar surface area (TPSA) is 0 Å². The quantitative estimate of drug-likeness (QED) is 0.609. The molecule has 0 saturated heterocycles. The van der Waals surface area contributed by atoms with Crippen molar-refractivity contribution >= 4 is 11.3 Å². The third kappa shape index (κ3) is 2.94. The zero-order valence-corrected chi connectivity index (χ0v) is 8.29. The average molecular weight is 186 g/mol. The van der Waals surface area contributed by atoms with E-state index in [0.29, 0.717) is 0 Å². The summed E-state index contributed by atoms with van der Waals surface area (Å²) in [5.74, 6) is -0.0171. The van der Waals surface area contributed by atoms with Gasteiger partial charge in [-0.2, -0.15) is 0 Å². The SMILES string of the molecule is CCCCCCc1sccc1F. The molecular formula is C10H15FS. The molecular weight excluding hydrogens is 171 g/mol. The highest BCUT2D eigenvalue weighted by Crippen LogP contribution is 2.17. The third-order valence-electron chi connectivity index (χ3n) is 1.95. The number of aryl methyl sites for hydroxylation is 1. The van der Waals surface area contributed by atoms with Gasteiger partial charge in [-0.15, -0.1) is 11.3 Å². The summed E-state index contributed by atoms with van der Waals surface area (Å²) >= 11 is 1.53. The standard InChI is InChI=1S/C10H15FS/c1-2-3-4-5-6-10-9(11)7-8-12-10/h7-8H,2-6H2,1H3. The molecule has 0 aliphatic carbocycles. The van der Waals surface area contributed by atoms with E-state index in [4.69, 9.17) is 0 Å². The van der Waals surface area contributed by atoms with Crippen LogP contribution in [0.1, 0.15) is 37.5 Å². The van der Waals surface area contributed by atoms with Crippen molar-refractivity contribution in [3.05, 3.63) is 22.1 Å². The van der Waals surface area contributed by atoms with E-state index < -0.39 is 0 Å². The van der Waals surface area contributed by atoms with Gasteiger partial charge < -0.3 is 0 Å². The molecule has 1 aromatic rings. The maximum absolute atomic E-state index is 12.9. The Labute approximate surface area is 77.4 Å². The molecule has 0 bridgehead atoms. The molecule has 12 heavy (non-hydrogen) atoms. The van der Waals surface area contributed by atoms with Crippen molar-refractivity contribution in [2.75, 3.05) is 0 Å². The van der Waals surface area contributed by atoms with Gasteiger partial charge in [0.25, 0.3) is 0 Å². The first kappa shape index (κ1) is 9.72. The van der Waals surface area contributed by atoms with Gasteiger partial charge in [-0.1, -0.05) is 26.2 Å². The molecule has 0 aliphatic rings. The van der Waals surface area contributed by atoms with Crippen LogP contribution in [0.3, 0.4) is 0 Å². The molecule has 0 aliphatic heterocycles. The highest BCUT2D eigenvalue weighted by atomic mass is 32.1. The Morgan fingerprint density at radius 1 is 1.33 bits per heavy atom. The van der Waals surface area contributed by atoms with E-state index in [2.05, 4.69) is 6.92 Å². The Morgan fingerprint density at radius 3 is 2.75 bits per heavy atom. The zero-order chi connectivity index (χ0) is 8.81. The summed E-state index contributed by atoms with van der Waals surface area (Å²) in [4.78, 5) is 0.922. The van der Waals surface area contributed by atoms with Gasteiger partial charge in [0.15, 0.2) is 0 Å². The predicted octanol–water partition coefficient (Wildman–Crippen LogP) is 4.01. The Morgan fingerprint density at radius 2 is 2.17 bits per heavy atom. The molecule has 0 unspecified atom stereocenters. The lowest BCUT2D eigenvalue weighted by atomic mass is 10.1. The Balaban J connectivity index is 2.20. The number of halogens is 1. The number of hydrogen-bond acceptors (Lipinski definition) is 1. The van der Waals surface area contributed by atoms with E-state index in [0.717, 1.165) is 17.7 Å². The van der Waals surface area contributed by atoms with Crippen molar-refractivity contribution in [3.8, 4) is 0 Å². The summed E-state index contributed by atoms with van der Waals surface area (Å²) in [5, 5.41) is 1.82. The van der Waals surface area contributed by atoms with E-state index >= 15 is 0 Å². The van der Waals surface area contributed by atoms with Gasteiger partial charge in [0.2, 0.25) is 0 Å². The number of rotatable bonds is 5. The fraction of sp³-hybridized carbons (Fsp3) is 0.600. The second-order valence-corrected chi connectivity index (χ2v) is 4.00. The van der Waals surface area contributed by atoms with Crippen LogP contribution >= 0.6 is 11.3 Å². The highest BCUT2D eigenvalue weighted by molar-refractivity contribution is 7.09. The van der Waals surface area contributed by atoms with Crippen LogP contribution in [0.15, 0.2) is 11.4 Å². The monoisotopic (exact) mass is 186 g/mol. The predicted molar refractivity (Wildman–Crippen MR) is 52.1 cm³/mol. The molecule has 0 saturated carbocycles. The maximum Gasteiger partial charge on any atom is 0.137 e. The Hall–Kier alpha value is -0.370. The van der Waals surface area contributed by atoms with Crippen molar-refractivity contribution < 1.29 is 4.39 Å². The molecule has 0 atom stereocenters. The first-order valence-electron chi connectivity index (χ1n) is 4.56. The van der Waals surface area contributed by atoms with Gasteiger partial charge in [-0.25, -0.2) is 4.39 Å². The summed E-state index contributed by atoms with van der Waals surface area (Å²) < 4.78 is 12.9. The average Bonchev–Trinajstić information content (AvgIpc) is 2.46. The fourth-order valence-electron chi connectivity index (χ4n) is 1.22. The molecule has 0 nitrogen and oxygen atoms in total. The van der Waals surface area contributed by atoms with Crippen LogP contribution in [0.25, 0.3) is 0 Å². The van der Waals surface area contributed by atoms with Crippen LogP contribution in [0.2, 0.25) is 0 Å². The van der Waals surface area contributed by atoms with E-state index in [1.807, 2.05) is 5.38 Å². The van der Waals surface area contributed by atoms with Crippen molar-refractivity contribution in [2.24, 2.45) is 0 Å². The first-order chi connectivity index (χ1) is 5.84. The molecule has 0 amide bonds. The van der Waals surface area contributed by atoms with Crippen LogP contribution in [0.5, 0.6) is 0 Å². The largest absolute Gasteiger partial charge is 0.206 e. The fourth-order valence-corrected chi connectivity index (χ4v) is 2.01. The van der Waals surface area contributed by atoms with Crippen molar-refractivity contribution in [3.63, 3.8) is 0 Å². The molecule has 2 heteroatoms. The molecule has 0 aromatic carbocycles. The lowest BCUT2D eigenvalue weighted by Gasteiger charge is -1.97. The smallest absolute Gasteiger partial charge is 0.137 e. The van der Waals surface area contributed by atoms with Crippen LogP contribution in [0.4, 0.5) is 4.39 Å². The zero-order valence-electron chi connectivity index (χ0n) is 7.48. The summed E-state index contributed by atoms with van der Waals surface area (Å²) in [6, 6.07) is 1.56. The van der Waals surface area contributed by atoms with Gasteiger partial charge >= 0.3 is 0 Å². The van der Waals surface area contributed by atoms with Crippen LogP contribution < -0.4 is 0 Å². The minimum atomic E-state index is -0.0171. The first-order valence-corrected chi connectivity index (χ1v) is 5.44. The molecule has 0 fully saturated rings. The molecule has 1 rings (SSSR count). The second-order valence-electron chi connectivity index (χ2n) is 3.00. The normalized spacial score (nSPS) is 10.5. The van der Waals surface area contributed by atoms with Crippen LogP contribution in [-0.2, 0) is 6.42 Å². The molecule has 1 heterocycles. The molecule has 0 N–H and O–H groups in total. The van der Waals surface area contributed by atoms with E-state index in [1.165, 1.54) is 30.6 Å². The van der Waals surface area contributed by atoms with E-state index in [-0.39, 0.29) is 5.82 Å². The number of unbranched alkanes of at least 4 members (excludes halogenated alkanes) is 3. The number of hydrogen-bond donors (Lipinski definition) is 0. The number of thiophene rings is 1. The van der Waals surface area contributed by atoms with Gasteiger partial charge in [-0.3, -0.25) is 0 Å². The van der Waals surface area contributed by atoms with Crippen molar-refractivity contribution in [1.82, 2.24) is 0 Å². The Bertz CT molecular complexity index is 217. The molecule has 0 spiro atoms. The van der Waals surface area contributed by atoms with Gasteiger partial charge in [0, 0.05) is 4.88 Å². The lowest BCUT2D eigenvalue weighted by Crippen LogP contribution is -1.84. The molecule has 0 radical (unpaired) electrons. The van der Waals surface area contributed by atoms with Crippen LogP contribution in [-0.4, -0.2) is 0 Å². The minimum Gasteiger partial charge on any atom is -0.206 e. The van der Waals surface area contributed by atoms with Crippen LogP contribution in [0, 0.1) is 5.82 Å². The van der Waals surface area contributed by atoms with E-state index in [9.17, 15) is 4.39 Å². The summed E-state index contributed by atoms with van der Waals surface area (Å²) in [7, 11) is 0. The second kappa shape index (κ2) is 5.31. The van der Waals surface area contributed by atoms with Gasteiger partial charge in [0.05, 0.1) is 0 Å². The van der Waals surface area contributed by atoms with E-state index in [1.54, 1.807) is 6.07 Å². The molecule has 68 valence electrons. The van der Waals surface area contributed by atoms with Crippen molar-refractivity contribution in [2.45, 2.75) is 39.0 Å². The summed E-state index contributed by atoms with van der Waals surface area (Å²) in [5.41, 5.74) is 0. The van der Waals surface area contributed by atoms with Gasteiger partial charge in [0.1, 0.15) is 5.82 Å². The molecule has 1 aromatic heterocycles. The third-order valence-corrected chi connectivity index (χ3v) is 2.90. The maximum atomic E-state index is 12.9. The Kier molecular flexibility index (Phi) is 4.30. The van der Waals surface area contributed by atoms with Crippen molar-refractivity contribution in [1.29, 1.82) is 0 Å².